The van der Waals surface area contributed by atoms with Crippen LogP contribution in [-0.4, -0.2) is 30.9 Å². The van der Waals surface area contributed by atoms with Crippen LogP contribution >= 0.6 is 15.9 Å². The molecule has 1 aromatic rings. The lowest BCUT2D eigenvalue weighted by Crippen LogP contribution is -2.41. The van der Waals surface area contributed by atoms with Gasteiger partial charge in [0.25, 0.3) is 0 Å². The van der Waals surface area contributed by atoms with Crippen molar-refractivity contribution < 1.29 is 9.18 Å². The molecule has 0 bridgehead atoms. The maximum atomic E-state index is 13.7. The predicted octanol–water partition coefficient (Wildman–Crippen LogP) is 2.55. The van der Waals surface area contributed by atoms with Crippen LogP contribution in [0.5, 0.6) is 0 Å². The van der Waals surface area contributed by atoms with Gasteiger partial charge in [0.2, 0.25) is 5.91 Å². The number of amides is 1. The molecule has 2 rings (SSSR count). The molecule has 1 aromatic carbocycles. The van der Waals surface area contributed by atoms with Crippen molar-refractivity contribution in [3.8, 4) is 0 Å². The number of carbonyl (C=O) groups is 1. The third-order valence-corrected chi connectivity index (χ3v) is 4.14. The molecule has 1 fully saturated rings. The number of halogens is 2. The summed E-state index contributed by atoms with van der Waals surface area (Å²) in [5.41, 5.74) is 0.164. The second kappa shape index (κ2) is 5.59. The van der Waals surface area contributed by atoms with Crippen molar-refractivity contribution in [1.82, 2.24) is 10.2 Å². The first kappa shape index (κ1) is 14.5. The Morgan fingerprint density at radius 1 is 1.58 bits per heavy atom. The van der Waals surface area contributed by atoms with Gasteiger partial charge >= 0.3 is 0 Å². The summed E-state index contributed by atoms with van der Waals surface area (Å²) in [7, 11) is 1.73. The van der Waals surface area contributed by atoms with Gasteiger partial charge in [-0.1, -0.05) is 15.9 Å². The number of hydrogen-bond acceptors (Lipinski definition) is 2. The molecule has 0 spiro atoms. The van der Waals surface area contributed by atoms with E-state index in [2.05, 4.69) is 21.2 Å². The van der Waals surface area contributed by atoms with Crippen molar-refractivity contribution in [2.45, 2.75) is 19.9 Å². The van der Waals surface area contributed by atoms with E-state index in [0.717, 1.165) is 17.4 Å². The minimum absolute atomic E-state index is 0.0666. The fourth-order valence-electron chi connectivity index (χ4n) is 2.45. The molecule has 5 heteroatoms. The first-order valence-corrected chi connectivity index (χ1v) is 7.12. The molecule has 104 valence electrons. The molecule has 1 aliphatic rings. The number of rotatable bonds is 3. The summed E-state index contributed by atoms with van der Waals surface area (Å²) in [6.45, 7) is 3.81. The maximum absolute atomic E-state index is 13.7. The fourth-order valence-corrected chi connectivity index (χ4v) is 2.86. The van der Waals surface area contributed by atoms with E-state index >= 15 is 0 Å². The smallest absolute Gasteiger partial charge is 0.229 e. The molecular weight excluding hydrogens is 311 g/mol. The van der Waals surface area contributed by atoms with Gasteiger partial charge in [-0.2, -0.15) is 0 Å². The first-order valence-electron chi connectivity index (χ1n) is 6.32. The number of benzene rings is 1. The zero-order valence-electron chi connectivity index (χ0n) is 11.2. The molecule has 1 saturated heterocycles. The van der Waals surface area contributed by atoms with E-state index in [1.807, 2.05) is 6.92 Å². The van der Waals surface area contributed by atoms with Gasteiger partial charge in [0.05, 0.1) is 5.41 Å². The molecule has 0 aliphatic carbocycles. The van der Waals surface area contributed by atoms with Crippen LogP contribution in [0.15, 0.2) is 22.7 Å². The molecule has 1 atom stereocenters. The zero-order chi connectivity index (χ0) is 14.0. The van der Waals surface area contributed by atoms with Gasteiger partial charge in [0.1, 0.15) is 5.82 Å². The molecule has 0 unspecified atom stereocenters. The van der Waals surface area contributed by atoms with E-state index in [9.17, 15) is 9.18 Å². The summed E-state index contributed by atoms with van der Waals surface area (Å²) in [6, 6.07) is 4.79. The highest BCUT2D eigenvalue weighted by molar-refractivity contribution is 9.10. The fraction of sp³-hybridized carbons (Fsp3) is 0.500. The summed E-state index contributed by atoms with van der Waals surface area (Å²) in [5, 5.41) is 3.20. The molecule has 1 amide bonds. The number of nitrogens with one attached hydrogen (secondary N) is 1. The normalized spacial score (nSPS) is 22.5. The number of hydrogen-bond donors (Lipinski definition) is 1. The lowest BCUT2D eigenvalue weighted by atomic mass is 9.88. The summed E-state index contributed by atoms with van der Waals surface area (Å²) in [4.78, 5) is 14.0. The second-order valence-corrected chi connectivity index (χ2v) is 6.30. The summed E-state index contributed by atoms with van der Waals surface area (Å²) >= 11 is 3.32. The Balaban J connectivity index is 2.10. The Morgan fingerprint density at radius 3 is 2.95 bits per heavy atom. The third kappa shape index (κ3) is 3.15. The van der Waals surface area contributed by atoms with E-state index in [1.54, 1.807) is 24.1 Å². The molecule has 1 aliphatic heterocycles. The highest BCUT2D eigenvalue weighted by Gasteiger charge is 2.38. The van der Waals surface area contributed by atoms with E-state index in [-0.39, 0.29) is 17.1 Å². The van der Waals surface area contributed by atoms with Crippen LogP contribution in [-0.2, 0) is 11.3 Å². The molecular formula is C14H18BrFN2O. The minimum Gasteiger partial charge on any atom is -0.341 e. The summed E-state index contributed by atoms with van der Waals surface area (Å²) in [5.74, 6) is -0.213. The van der Waals surface area contributed by atoms with Gasteiger partial charge in [0, 0.05) is 30.2 Å². The van der Waals surface area contributed by atoms with Crippen molar-refractivity contribution in [1.29, 1.82) is 0 Å². The van der Waals surface area contributed by atoms with Gasteiger partial charge in [-0.25, -0.2) is 4.39 Å². The van der Waals surface area contributed by atoms with E-state index in [1.165, 1.54) is 6.07 Å². The van der Waals surface area contributed by atoms with Crippen molar-refractivity contribution in [3.05, 3.63) is 34.1 Å². The quantitative estimate of drug-likeness (QED) is 0.924. The van der Waals surface area contributed by atoms with Gasteiger partial charge in [-0.3, -0.25) is 4.79 Å². The molecule has 19 heavy (non-hydrogen) atoms. The monoisotopic (exact) mass is 328 g/mol. The Kier molecular flexibility index (Phi) is 4.26. The number of carbonyl (C=O) groups excluding carboxylic acids is 1. The van der Waals surface area contributed by atoms with E-state index in [4.69, 9.17) is 0 Å². The van der Waals surface area contributed by atoms with Crippen LogP contribution in [0.2, 0.25) is 0 Å². The SMILES string of the molecule is CN(Cc1cc(Br)ccc1F)C(=O)[C@]1(C)CCNC1. The van der Waals surface area contributed by atoms with Crippen molar-refractivity contribution >= 4 is 21.8 Å². The van der Waals surface area contributed by atoms with Crippen LogP contribution < -0.4 is 5.32 Å². The first-order chi connectivity index (χ1) is 8.92. The predicted molar refractivity (Wildman–Crippen MR) is 76.2 cm³/mol. The third-order valence-electron chi connectivity index (χ3n) is 3.65. The van der Waals surface area contributed by atoms with Gasteiger partial charge in [-0.15, -0.1) is 0 Å². The van der Waals surface area contributed by atoms with Crippen LogP contribution in [0.4, 0.5) is 4.39 Å². The van der Waals surface area contributed by atoms with E-state index < -0.39 is 0 Å². The van der Waals surface area contributed by atoms with E-state index in [0.29, 0.717) is 18.7 Å². The maximum Gasteiger partial charge on any atom is 0.229 e. The molecule has 3 nitrogen and oxygen atoms in total. The van der Waals surface area contributed by atoms with Gasteiger partial charge < -0.3 is 10.2 Å². The number of nitrogens with zero attached hydrogens (tertiary/aromatic N) is 1. The zero-order valence-corrected chi connectivity index (χ0v) is 12.8. The van der Waals surface area contributed by atoms with Gasteiger partial charge in [0.15, 0.2) is 0 Å². The minimum atomic E-state index is -0.364. The summed E-state index contributed by atoms with van der Waals surface area (Å²) < 4.78 is 14.5. The van der Waals surface area contributed by atoms with Crippen LogP contribution in [0.3, 0.4) is 0 Å². The van der Waals surface area contributed by atoms with Gasteiger partial charge in [-0.05, 0) is 38.1 Å². The molecule has 1 N–H and O–H groups in total. The molecule has 1 heterocycles. The molecule has 0 saturated carbocycles. The highest BCUT2D eigenvalue weighted by Crippen LogP contribution is 2.27. The van der Waals surface area contributed by atoms with Crippen LogP contribution in [0.25, 0.3) is 0 Å². The average molecular weight is 329 g/mol. The highest BCUT2D eigenvalue weighted by atomic mass is 79.9. The Hall–Kier alpha value is -0.940. The van der Waals surface area contributed by atoms with Crippen LogP contribution in [0.1, 0.15) is 18.9 Å². The lowest BCUT2D eigenvalue weighted by Gasteiger charge is -2.28. The van der Waals surface area contributed by atoms with Crippen LogP contribution in [0, 0.1) is 11.2 Å². The Bertz CT molecular complexity index is 486. The average Bonchev–Trinajstić information content (AvgIpc) is 2.81. The summed E-state index contributed by atoms with van der Waals surface area (Å²) in [6.07, 6.45) is 0.830. The Labute approximate surface area is 121 Å². The molecule has 0 aromatic heterocycles. The lowest BCUT2D eigenvalue weighted by molar-refractivity contribution is -0.139. The standard InChI is InChI=1S/C14H18BrFN2O/c1-14(5-6-17-9-14)13(19)18(2)8-10-7-11(15)3-4-12(10)16/h3-4,7,17H,5-6,8-9H2,1-2H3/t14-/m1/s1. The van der Waals surface area contributed by atoms with Crippen molar-refractivity contribution in [2.24, 2.45) is 5.41 Å². The Morgan fingerprint density at radius 2 is 2.32 bits per heavy atom. The largest absolute Gasteiger partial charge is 0.341 e. The van der Waals surface area contributed by atoms with Crippen molar-refractivity contribution in [3.63, 3.8) is 0 Å². The molecule has 0 radical (unpaired) electrons. The second-order valence-electron chi connectivity index (χ2n) is 5.38. The topological polar surface area (TPSA) is 32.3 Å². The van der Waals surface area contributed by atoms with Crippen molar-refractivity contribution in [2.75, 3.05) is 20.1 Å².